The zero-order valence-electron chi connectivity index (χ0n) is 8.53. The molecule has 0 saturated carbocycles. The van der Waals surface area contributed by atoms with Gasteiger partial charge in [-0.05, 0) is 5.56 Å². The fourth-order valence-electron chi connectivity index (χ4n) is 0.824. The molecule has 1 rings (SSSR count). The van der Waals surface area contributed by atoms with Crippen LogP contribution < -0.4 is 5.11 Å². The minimum Gasteiger partial charge on any atom is -0.545 e. The Balaban J connectivity index is 0.000000292. The third-order valence-corrected chi connectivity index (χ3v) is 2.66. The van der Waals surface area contributed by atoms with Gasteiger partial charge in [0.05, 0.1) is 5.97 Å². The second-order valence-electron chi connectivity index (χ2n) is 2.86. The van der Waals surface area contributed by atoms with Gasteiger partial charge in [-0.1, -0.05) is 30.3 Å². The molecule has 0 bridgehead atoms. The molecule has 0 aliphatic carbocycles. The molecule has 72 valence electrons. The van der Waals surface area contributed by atoms with Crippen molar-refractivity contribution in [3.8, 4) is 0 Å². The molecule has 0 spiro atoms. The van der Waals surface area contributed by atoms with Crippen molar-refractivity contribution in [3.63, 3.8) is 0 Å². The van der Waals surface area contributed by atoms with Gasteiger partial charge in [0.1, 0.15) is 0 Å². The number of carboxylic acids is 1. The quantitative estimate of drug-likeness (QED) is 0.760. The average Bonchev–Trinajstić information content (AvgIpc) is 2.21. The minimum absolute atomic E-state index is 0.220. The number of carboxylic acid groups (broad SMARTS) is 1. The minimum atomic E-state index is -1.13. The Bertz CT molecular complexity index is 245. The number of hydrogen-bond acceptors (Lipinski definition) is 2. The summed E-state index contributed by atoms with van der Waals surface area (Å²) < 4.78 is 0. The summed E-state index contributed by atoms with van der Waals surface area (Å²) in [6, 6.07) is 8.06. The Morgan fingerprint density at radius 2 is 1.93 bits per heavy atom. The number of carbonyl (C=O) groups is 1. The molecule has 0 N–H and O–H groups in total. The van der Waals surface area contributed by atoms with E-state index >= 15 is 0 Å². The predicted octanol–water partition coefficient (Wildman–Crippen LogP) is 1.80. The zero-order chi connectivity index (χ0) is 10.8. The summed E-state index contributed by atoms with van der Waals surface area (Å²) in [6.45, 7) is 2.23. The van der Waals surface area contributed by atoms with Crippen molar-refractivity contribution in [2.75, 3.05) is 0 Å². The molecule has 0 aliphatic rings. The van der Waals surface area contributed by atoms with Crippen LogP contribution in [0.1, 0.15) is 30.1 Å². The van der Waals surface area contributed by atoms with Crippen LogP contribution in [0.15, 0.2) is 30.3 Å². The van der Waals surface area contributed by atoms with Crippen LogP contribution in [0, 0.1) is 0 Å². The van der Waals surface area contributed by atoms with Gasteiger partial charge in [-0.3, -0.25) is 0 Å². The van der Waals surface area contributed by atoms with Crippen LogP contribution >= 0.6 is 0 Å². The van der Waals surface area contributed by atoms with E-state index in [1.54, 1.807) is 18.2 Å². The van der Waals surface area contributed by atoms with Crippen molar-refractivity contribution in [3.05, 3.63) is 35.9 Å². The summed E-state index contributed by atoms with van der Waals surface area (Å²) in [5.74, 6) is -1.13. The maximum absolute atomic E-state index is 10.1. The SMILES string of the molecule is CCC[CH2][Zn+].O=C([O-])c1ccccc1. The number of benzene rings is 1. The molecule has 0 aromatic heterocycles. The smallest absolute Gasteiger partial charge is 0.0715 e. The summed E-state index contributed by atoms with van der Waals surface area (Å²) in [7, 11) is 0. The first-order chi connectivity index (χ1) is 6.72. The van der Waals surface area contributed by atoms with Gasteiger partial charge < -0.3 is 9.90 Å². The number of aromatic carboxylic acids is 1. The molecule has 2 nitrogen and oxygen atoms in total. The van der Waals surface area contributed by atoms with Crippen molar-refractivity contribution >= 4 is 5.97 Å². The molecule has 0 aliphatic heterocycles. The number of hydrogen-bond donors (Lipinski definition) is 0. The Morgan fingerprint density at radius 1 is 1.36 bits per heavy atom. The van der Waals surface area contributed by atoms with Crippen LogP contribution in [0.3, 0.4) is 0 Å². The third kappa shape index (κ3) is 6.79. The monoisotopic (exact) mass is 242 g/mol. The topological polar surface area (TPSA) is 40.1 Å². The van der Waals surface area contributed by atoms with Crippen LogP contribution in [-0.2, 0) is 18.3 Å². The van der Waals surface area contributed by atoms with Gasteiger partial charge in [0, 0.05) is 0 Å². The van der Waals surface area contributed by atoms with E-state index in [0.717, 1.165) is 0 Å². The van der Waals surface area contributed by atoms with Gasteiger partial charge in [-0.25, -0.2) is 0 Å². The number of unbranched alkanes of at least 4 members (excludes halogenated alkanes) is 1. The van der Waals surface area contributed by atoms with Crippen LogP contribution in [0.25, 0.3) is 0 Å². The molecular weight excluding hydrogens is 230 g/mol. The van der Waals surface area contributed by atoms with E-state index in [4.69, 9.17) is 0 Å². The van der Waals surface area contributed by atoms with Crippen molar-refractivity contribution in [1.82, 2.24) is 0 Å². The van der Waals surface area contributed by atoms with Crippen molar-refractivity contribution in [2.24, 2.45) is 0 Å². The van der Waals surface area contributed by atoms with Crippen molar-refractivity contribution in [1.29, 1.82) is 0 Å². The molecule has 0 saturated heterocycles. The standard InChI is InChI=1S/C7H6O2.C4H9.Zn/c8-7(9)6-4-2-1-3-5-6;1-3-4-2;/h1-5H,(H,8,9);1,3-4H2,2H3;/q;;+1/p-1. The van der Waals surface area contributed by atoms with E-state index in [1.807, 2.05) is 0 Å². The summed E-state index contributed by atoms with van der Waals surface area (Å²) in [5.41, 5.74) is 0.220. The first-order valence-electron chi connectivity index (χ1n) is 4.78. The maximum Gasteiger partial charge on any atom is 0.0715 e. The van der Waals surface area contributed by atoms with Crippen LogP contribution in [0.4, 0.5) is 0 Å². The van der Waals surface area contributed by atoms with E-state index in [0.29, 0.717) is 0 Å². The first-order valence-corrected chi connectivity index (χ1v) is 6.87. The van der Waals surface area contributed by atoms with Crippen LogP contribution in [0.2, 0.25) is 5.02 Å². The largest absolute Gasteiger partial charge is 0.545 e. The molecule has 14 heavy (non-hydrogen) atoms. The van der Waals surface area contributed by atoms with Gasteiger partial charge in [0.15, 0.2) is 0 Å². The Labute approximate surface area is 95.0 Å². The fraction of sp³-hybridized carbons (Fsp3) is 0.364. The van der Waals surface area contributed by atoms with E-state index in [1.165, 1.54) is 48.3 Å². The molecule has 0 atom stereocenters. The van der Waals surface area contributed by atoms with Crippen LogP contribution in [0.5, 0.6) is 0 Å². The summed E-state index contributed by atoms with van der Waals surface area (Å²) in [5, 5.41) is 11.6. The fourth-order valence-corrected chi connectivity index (χ4v) is 1.87. The molecule has 0 heterocycles. The van der Waals surface area contributed by atoms with E-state index in [9.17, 15) is 9.90 Å². The molecule has 3 heteroatoms. The zero-order valence-corrected chi connectivity index (χ0v) is 11.5. The maximum atomic E-state index is 10.1. The van der Waals surface area contributed by atoms with Crippen molar-refractivity contribution in [2.45, 2.75) is 24.8 Å². The van der Waals surface area contributed by atoms with Crippen molar-refractivity contribution < 1.29 is 28.2 Å². The van der Waals surface area contributed by atoms with Gasteiger partial charge >= 0.3 is 43.1 Å². The Kier molecular flexibility index (Phi) is 8.46. The Morgan fingerprint density at radius 3 is 2.14 bits per heavy atom. The van der Waals surface area contributed by atoms with Gasteiger partial charge in [-0.15, -0.1) is 0 Å². The second kappa shape index (κ2) is 8.89. The number of carbonyl (C=O) groups excluding carboxylic acids is 1. The first kappa shape index (κ1) is 13.3. The summed E-state index contributed by atoms with van der Waals surface area (Å²) >= 11 is 1.48. The van der Waals surface area contributed by atoms with E-state index in [2.05, 4.69) is 6.92 Å². The van der Waals surface area contributed by atoms with Crippen LogP contribution in [-0.4, -0.2) is 5.97 Å². The molecule has 0 amide bonds. The molecule has 0 fully saturated rings. The molecule has 0 radical (unpaired) electrons. The predicted molar refractivity (Wildman–Crippen MR) is 50.5 cm³/mol. The Hall–Kier alpha value is -0.687. The second-order valence-corrected chi connectivity index (χ2v) is 4.34. The van der Waals surface area contributed by atoms with Gasteiger partial charge in [0.2, 0.25) is 0 Å². The van der Waals surface area contributed by atoms with E-state index < -0.39 is 5.97 Å². The molecule has 1 aromatic carbocycles. The molecule has 0 unspecified atom stereocenters. The van der Waals surface area contributed by atoms with E-state index in [-0.39, 0.29) is 5.56 Å². The van der Waals surface area contributed by atoms with Gasteiger partial charge in [0.25, 0.3) is 0 Å². The number of rotatable bonds is 3. The normalized spacial score (nSPS) is 8.79. The average molecular weight is 244 g/mol. The molecular formula is C11H14O2Zn. The van der Waals surface area contributed by atoms with Gasteiger partial charge in [-0.2, -0.15) is 0 Å². The molecule has 1 aromatic rings. The third-order valence-electron chi connectivity index (χ3n) is 1.61. The summed E-state index contributed by atoms with van der Waals surface area (Å²) in [4.78, 5) is 10.1. The summed E-state index contributed by atoms with van der Waals surface area (Å²) in [6.07, 6.45) is 2.82.